The Bertz CT molecular complexity index is 1190. The van der Waals surface area contributed by atoms with Gasteiger partial charge in [0.2, 0.25) is 0 Å². The van der Waals surface area contributed by atoms with Gasteiger partial charge in [-0.2, -0.15) is 0 Å². The maximum absolute atomic E-state index is 13.4. The maximum atomic E-state index is 13.4. The molecule has 0 saturated heterocycles. The molecule has 1 atom stereocenters. The number of hydrogen-bond acceptors (Lipinski definition) is 5. The highest BCUT2D eigenvalue weighted by Gasteiger charge is 2.25. The van der Waals surface area contributed by atoms with E-state index < -0.39 is 6.17 Å². The molecule has 0 saturated carbocycles. The van der Waals surface area contributed by atoms with Crippen LogP contribution in [0.5, 0.6) is 0 Å². The lowest BCUT2D eigenvalue weighted by Gasteiger charge is -2.30. The van der Waals surface area contributed by atoms with Crippen molar-refractivity contribution in [2.24, 2.45) is 10.7 Å². The van der Waals surface area contributed by atoms with Crippen LogP contribution in [0.25, 0.3) is 10.9 Å². The van der Waals surface area contributed by atoms with Crippen molar-refractivity contribution >= 4 is 22.5 Å². The highest BCUT2D eigenvalue weighted by atomic mass is 19.1. The summed E-state index contributed by atoms with van der Waals surface area (Å²) in [7, 11) is 1.70. The van der Waals surface area contributed by atoms with E-state index in [1.807, 2.05) is 30.3 Å². The van der Waals surface area contributed by atoms with E-state index in [-0.39, 0.29) is 10.6 Å². The minimum Gasteiger partial charge on any atom is -0.400 e. The quantitative estimate of drug-likeness (QED) is 0.626. The van der Waals surface area contributed by atoms with E-state index in [1.165, 1.54) is 6.92 Å². The summed E-state index contributed by atoms with van der Waals surface area (Å²) in [6.07, 6.45) is 2.81. The van der Waals surface area contributed by atoms with Crippen LogP contribution >= 0.6 is 0 Å². The van der Waals surface area contributed by atoms with Crippen molar-refractivity contribution in [2.75, 3.05) is 20.1 Å². The lowest BCUT2D eigenvalue weighted by molar-refractivity contribution is 0.0764. The molecule has 1 aromatic carbocycles. The van der Waals surface area contributed by atoms with Gasteiger partial charge in [-0.3, -0.25) is 24.5 Å². The molecule has 166 valence electrons. The fourth-order valence-corrected chi connectivity index (χ4v) is 3.84. The van der Waals surface area contributed by atoms with Crippen molar-refractivity contribution in [2.45, 2.75) is 19.5 Å². The average Bonchev–Trinajstić information content (AvgIpc) is 2.80. The Balaban J connectivity index is 0.00000289. The van der Waals surface area contributed by atoms with Gasteiger partial charge in [-0.25, -0.2) is 4.39 Å². The number of halogens is 2. The Kier molecular flexibility index (Phi) is 6.92. The molecule has 0 radical (unpaired) electrons. The Morgan fingerprint density at radius 2 is 1.97 bits per heavy atom. The molecule has 0 aliphatic carbocycles. The summed E-state index contributed by atoms with van der Waals surface area (Å²) in [5.41, 5.74) is 11.2. The number of carbonyl (C=O) groups excluding carboxylic acids is 1. The Hall–Kier alpha value is -3.68. The zero-order chi connectivity index (χ0) is 22.0. The summed E-state index contributed by atoms with van der Waals surface area (Å²) in [5, 5.41) is 0.925. The molecule has 3 heterocycles. The zero-order valence-corrected chi connectivity index (χ0v) is 18.0. The Morgan fingerprint density at radius 3 is 2.62 bits per heavy atom. The molecule has 0 fully saturated rings. The summed E-state index contributed by atoms with van der Waals surface area (Å²) in [5.74, 6) is -0.0642. The molecule has 1 aliphatic heterocycles. The second-order valence-electron chi connectivity index (χ2n) is 7.55. The first-order valence-electron chi connectivity index (χ1n) is 10.2. The van der Waals surface area contributed by atoms with Gasteiger partial charge in [0, 0.05) is 53.8 Å². The third-order valence-corrected chi connectivity index (χ3v) is 5.49. The van der Waals surface area contributed by atoms with Gasteiger partial charge in [-0.1, -0.05) is 6.07 Å². The third-order valence-electron chi connectivity index (χ3n) is 5.49. The first-order valence-corrected chi connectivity index (χ1v) is 10.2. The monoisotopic (exact) mass is 437 g/mol. The van der Waals surface area contributed by atoms with Gasteiger partial charge in [0.1, 0.15) is 6.17 Å². The number of carbonyl (C=O) groups is 1. The Morgan fingerprint density at radius 1 is 1.19 bits per heavy atom. The standard InChI is InChI=1S/C24H24FN5O.FH/c1-15(25)21-7-6-18(13-29-21)23(27-2)19-9-11-30(14-20(19)26)24(31)17-5-8-22-16(12-17)4-3-10-28-22;/h3-8,10,12-13,15H,9,11,14,26H2,1-2H3;1H. The highest BCUT2D eigenvalue weighted by Crippen LogP contribution is 2.23. The molecule has 1 aliphatic rings. The van der Waals surface area contributed by atoms with Crippen LogP contribution in [-0.2, 0) is 0 Å². The number of nitrogens with zero attached hydrogens (tertiary/aromatic N) is 4. The van der Waals surface area contributed by atoms with E-state index in [4.69, 9.17) is 5.73 Å². The van der Waals surface area contributed by atoms with Crippen molar-refractivity contribution in [1.82, 2.24) is 14.9 Å². The van der Waals surface area contributed by atoms with Crippen LogP contribution in [0.4, 0.5) is 9.09 Å². The van der Waals surface area contributed by atoms with Gasteiger partial charge in [-0.05, 0) is 49.7 Å². The van der Waals surface area contributed by atoms with E-state index in [0.717, 1.165) is 27.8 Å². The van der Waals surface area contributed by atoms with Crippen LogP contribution < -0.4 is 5.73 Å². The summed E-state index contributed by atoms with van der Waals surface area (Å²) < 4.78 is 13.4. The van der Waals surface area contributed by atoms with Crippen LogP contribution in [0.3, 0.4) is 0 Å². The topological polar surface area (TPSA) is 84.5 Å². The maximum Gasteiger partial charge on any atom is 0.254 e. The van der Waals surface area contributed by atoms with Crippen LogP contribution in [0.15, 0.2) is 71.1 Å². The lowest BCUT2D eigenvalue weighted by Crippen LogP contribution is -2.40. The predicted octanol–water partition coefficient (Wildman–Crippen LogP) is 3.99. The molecule has 4 rings (SSSR count). The number of benzene rings is 1. The van der Waals surface area contributed by atoms with Gasteiger partial charge in [0.25, 0.3) is 5.91 Å². The van der Waals surface area contributed by atoms with Gasteiger partial charge < -0.3 is 10.6 Å². The number of amides is 1. The molecule has 0 bridgehead atoms. The van der Waals surface area contributed by atoms with E-state index in [2.05, 4.69) is 15.0 Å². The summed E-state index contributed by atoms with van der Waals surface area (Å²) >= 11 is 0. The fourth-order valence-electron chi connectivity index (χ4n) is 3.84. The van der Waals surface area contributed by atoms with Crippen LogP contribution in [-0.4, -0.2) is 46.6 Å². The van der Waals surface area contributed by atoms with Crippen LogP contribution in [0.2, 0.25) is 0 Å². The number of hydrogen-bond donors (Lipinski definition) is 1. The number of aliphatic imine (C=N–C) groups is 1. The van der Waals surface area contributed by atoms with Gasteiger partial charge >= 0.3 is 0 Å². The van der Waals surface area contributed by atoms with Crippen molar-refractivity contribution < 1.29 is 13.9 Å². The van der Waals surface area contributed by atoms with Crippen LogP contribution in [0, 0.1) is 0 Å². The second-order valence-corrected chi connectivity index (χ2v) is 7.55. The van der Waals surface area contributed by atoms with E-state index in [9.17, 15) is 9.18 Å². The Labute approximate surface area is 185 Å². The molecule has 3 aromatic rings. The molecule has 2 N–H and O–H groups in total. The molecule has 32 heavy (non-hydrogen) atoms. The SMILES string of the molecule is CN=C(C1=C(N)CN(C(=O)c2ccc3ncccc3c2)CC1)c1ccc(C(C)F)nc1.F. The molecule has 1 amide bonds. The molecule has 1 unspecified atom stereocenters. The summed E-state index contributed by atoms with van der Waals surface area (Å²) in [6.45, 7) is 2.31. The van der Waals surface area contributed by atoms with Gasteiger partial charge in [-0.15, -0.1) is 0 Å². The molecule has 0 spiro atoms. The molecule has 2 aromatic heterocycles. The van der Waals surface area contributed by atoms with Crippen LogP contribution in [0.1, 0.15) is 41.1 Å². The van der Waals surface area contributed by atoms with Gasteiger partial charge in [0.05, 0.1) is 23.5 Å². The number of pyridine rings is 2. The zero-order valence-electron chi connectivity index (χ0n) is 18.0. The van der Waals surface area contributed by atoms with Crippen molar-refractivity contribution in [3.05, 3.63) is 82.9 Å². The second kappa shape index (κ2) is 9.64. The lowest BCUT2D eigenvalue weighted by atomic mass is 9.95. The third kappa shape index (κ3) is 4.49. The molecular formula is C24H25F2N5O. The minimum absolute atomic E-state index is 0. The van der Waals surface area contributed by atoms with Gasteiger partial charge in [0.15, 0.2) is 0 Å². The van der Waals surface area contributed by atoms with Crippen molar-refractivity contribution in [3.63, 3.8) is 0 Å². The number of alkyl halides is 1. The summed E-state index contributed by atoms with van der Waals surface area (Å²) in [6, 6.07) is 12.8. The first kappa shape index (κ1) is 23.0. The highest BCUT2D eigenvalue weighted by molar-refractivity contribution is 6.13. The number of aromatic nitrogens is 2. The number of rotatable bonds is 4. The van der Waals surface area contributed by atoms with E-state index >= 15 is 0 Å². The normalized spacial score (nSPS) is 15.5. The summed E-state index contributed by atoms with van der Waals surface area (Å²) in [4.78, 5) is 27.7. The smallest absolute Gasteiger partial charge is 0.254 e. The number of fused-ring (bicyclic) bond motifs is 1. The molecule has 6 nitrogen and oxygen atoms in total. The van der Waals surface area contributed by atoms with E-state index in [1.54, 1.807) is 36.5 Å². The average molecular weight is 437 g/mol. The van der Waals surface area contributed by atoms with Crippen molar-refractivity contribution in [1.29, 1.82) is 0 Å². The molecular weight excluding hydrogens is 412 g/mol. The minimum atomic E-state index is -1.12. The van der Waals surface area contributed by atoms with Crippen molar-refractivity contribution in [3.8, 4) is 0 Å². The first-order chi connectivity index (χ1) is 15.0. The van der Waals surface area contributed by atoms with E-state index in [0.29, 0.717) is 36.5 Å². The number of nitrogens with two attached hydrogens (primary N) is 1. The predicted molar refractivity (Wildman–Crippen MR) is 122 cm³/mol. The fraction of sp³-hybridized carbons (Fsp3) is 0.250. The largest absolute Gasteiger partial charge is 0.400 e. The molecule has 8 heteroatoms.